The molecule has 3 nitrogen and oxygen atoms in total. The first-order chi connectivity index (χ1) is 10.2. The Bertz CT molecular complexity index is 680. The zero-order valence-corrected chi connectivity index (χ0v) is 12.8. The van der Waals surface area contributed by atoms with E-state index in [1.54, 1.807) is 7.11 Å². The van der Waals surface area contributed by atoms with E-state index in [1.807, 2.05) is 30.3 Å². The summed E-state index contributed by atoms with van der Waals surface area (Å²) < 4.78 is 5.34. The van der Waals surface area contributed by atoms with Gasteiger partial charge in [-0.3, -0.25) is 0 Å². The minimum Gasteiger partial charge on any atom is -0.497 e. The normalized spacial score (nSPS) is 17.3. The second-order valence-corrected chi connectivity index (χ2v) is 5.66. The summed E-state index contributed by atoms with van der Waals surface area (Å²) in [4.78, 5) is 0. The zero-order chi connectivity index (χ0) is 14.8. The molecule has 0 saturated heterocycles. The van der Waals surface area contributed by atoms with Gasteiger partial charge in [0.2, 0.25) is 0 Å². The van der Waals surface area contributed by atoms with Crippen molar-refractivity contribution in [2.45, 2.75) is 19.4 Å². The predicted octanol–water partition coefficient (Wildman–Crippen LogP) is 3.64. The van der Waals surface area contributed by atoms with Crippen LogP contribution in [0.25, 0.3) is 0 Å². The highest BCUT2D eigenvalue weighted by molar-refractivity contribution is 6.30. The van der Waals surface area contributed by atoms with Gasteiger partial charge in [0.05, 0.1) is 12.8 Å². The Labute approximate surface area is 129 Å². The number of fused-ring (bicyclic) bond motifs is 1. The standard InChI is InChI=1S/C17H17ClN2O/c1-11-9-13-10-15(21-2)7-8-16(13)17(20-19-11)12-3-5-14(18)6-4-12/h3-8,10-11,19H,9H2,1-2H3/t11-/m0/s1. The van der Waals surface area contributed by atoms with Crippen LogP contribution in [0.4, 0.5) is 0 Å². The monoisotopic (exact) mass is 300 g/mol. The maximum absolute atomic E-state index is 5.97. The molecule has 0 radical (unpaired) electrons. The van der Waals surface area contributed by atoms with Crippen molar-refractivity contribution < 1.29 is 4.74 Å². The maximum atomic E-state index is 5.97. The molecule has 1 heterocycles. The molecule has 0 bridgehead atoms. The van der Waals surface area contributed by atoms with E-state index in [0.717, 1.165) is 34.0 Å². The lowest BCUT2D eigenvalue weighted by Gasteiger charge is -2.11. The second kappa shape index (κ2) is 5.78. The van der Waals surface area contributed by atoms with E-state index in [9.17, 15) is 0 Å². The van der Waals surface area contributed by atoms with Crippen LogP contribution < -0.4 is 10.2 Å². The molecule has 0 saturated carbocycles. The number of nitrogens with one attached hydrogen (secondary N) is 1. The van der Waals surface area contributed by atoms with E-state index >= 15 is 0 Å². The van der Waals surface area contributed by atoms with Crippen LogP contribution in [0, 0.1) is 0 Å². The Balaban J connectivity index is 2.11. The quantitative estimate of drug-likeness (QED) is 0.919. The number of benzene rings is 2. The van der Waals surface area contributed by atoms with Crippen LogP contribution in [0.2, 0.25) is 5.02 Å². The topological polar surface area (TPSA) is 33.6 Å². The van der Waals surface area contributed by atoms with Crippen LogP contribution in [-0.2, 0) is 6.42 Å². The largest absolute Gasteiger partial charge is 0.497 e. The van der Waals surface area contributed by atoms with E-state index < -0.39 is 0 Å². The van der Waals surface area contributed by atoms with Gasteiger partial charge >= 0.3 is 0 Å². The van der Waals surface area contributed by atoms with E-state index in [-0.39, 0.29) is 6.04 Å². The van der Waals surface area contributed by atoms with Gasteiger partial charge in [-0.05, 0) is 49.2 Å². The first kappa shape index (κ1) is 14.0. The van der Waals surface area contributed by atoms with E-state index in [2.05, 4.69) is 29.6 Å². The van der Waals surface area contributed by atoms with Crippen LogP contribution >= 0.6 is 11.6 Å². The summed E-state index contributed by atoms with van der Waals surface area (Å²) in [6.07, 6.45) is 0.910. The number of hydrogen-bond acceptors (Lipinski definition) is 3. The molecule has 108 valence electrons. The third-order valence-corrected chi connectivity index (χ3v) is 3.86. The number of hydrazone groups is 1. The molecule has 1 aliphatic rings. The zero-order valence-electron chi connectivity index (χ0n) is 12.1. The van der Waals surface area contributed by atoms with Crippen molar-refractivity contribution in [3.05, 3.63) is 64.2 Å². The van der Waals surface area contributed by atoms with Gasteiger partial charge < -0.3 is 10.2 Å². The number of nitrogens with zero attached hydrogens (tertiary/aromatic N) is 1. The maximum Gasteiger partial charge on any atom is 0.119 e. The van der Waals surface area contributed by atoms with Crippen molar-refractivity contribution in [3.63, 3.8) is 0 Å². The van der Waals surface area contributed by atoms with Crippen LogP contribution in [0.1, 0.15) is 23.6 Å². The molecule has 4 heteroatoms. The molecule has 0 aliphatic carbocycles. The fourth-order valence-corrected chi connectivity index (χ4v) is 2.66. The van der Waals surface area contributed by atoms with Crippen LogP contribution in [-0.4, -0.2) is 18.9 Å². The van der Waals surface area contributed by atoms with Gasteiger partial charge in [-0.2, -0.15) is 5.10 Å². The van der Waals surface area contributed by atoms with Crippen molar-refractivity contribution in [3.8, 4) is 5.75 Å². The molecule has 2 aromatic carbocycles. The van der Waals surface area contributed by atoms with E-state index in [0.29, 0.717) is 0 Å². The lowest BCUT2D eigenvalue weighted by atomic mass is 9.94. The molecule has 21 heavy (non-hydrogen) atoms. The van der Waals surface area contributed by atoms with Gasteiger partial charge in [-0.15, -0.1) is 0 Å². The third kappa shape index (κ3) is 2.88. The van der Waals surface area contributed by atoms with Gasteiger partial charge in [0, 0.05) is 22.2 Å². The van der Waals surface area contributed by atoms with Gasteiger partial charge in [0.1, 0.15) is 5.75 Å². The summed E-state index contributed by atoms with van der Waals surface area (Å²) in [5, 5.41) is 5.31. The summed E-state index contributed by atoms with van der Waals surface area (Å²) in [5.41, 5.74) is 7.56. The highest BCUT2D eigenvalue weighted by atomic mass is 35.5. The van der Waals surface area contributed by atoms with E-state index in [4.69, 9.17) is 16.3 Å². The van der Waals surface area contributed by atoms with Crippen LogP contribution in [0.5, 0.6) is 5.75 Å². The fraction of sp³-hybridized carbons (Fsp3) is 0.235. The van der Waals surface area contributed by atoms with Gasteiger partial charge in [-0.25, -0.2) is 0 Å². The smallest absolute Gasteiger partial charge is 0.119 e. The van der Waals surface area contributed by atoms with Crippen molar-refractivity contribution in [1.29, 1.82) is 0 Å². The van der Waals surface area contributed by atoms with Crippen molar-refractivity contribution in [2.75, 3.05) is 7.11 Å². The Morgan fingerprint density at radius 2 is 1.95 bits per heavy atom. The third-order valence-electron chi connectivity index (χ3n) is 3.61. The molecular formula is C17H17ClN2O. The van der Waals surface area contributed by atoms with Crippen LogP contribution in [0.15, 0.2) is 47.6 Å². The first-order valence-corrected chi connectivity index (χ1v) is 7.31. The summed E-state index contributed by atoms with van der Waals surface area (Å²) in [5.74, 6) is 0.873. The van der Waals surface area contributed by atoms with Crippen molar-refractivity contribution in [1.82, 2.24) is 5.43 Å². The minimum absolute atomic E-state index is 0.278. The Hall–Kier alpha value is -2.00. The second-order valence-electron chi connectivity index (χ2n) is 5.22. The Morgan fingerprint density at radius 1 is 1.19 bits per heavy atom. The molecule has 3 rings (SSSR count). The summed E-state index contributed by atoms with van der Waals surface area (Å²) in [7, 11) is 1.69. The molecule has 0 aromatic heterocycles. The minimum atomic E-state index is 0.278. The average Bonchev–Trinajstić information content (AvgIpc) is 2.65. The van der Waals surface area contributed by atoms with Crippen molar-refractivity contribution >= 4 is 17.3 Å². The Kier molecular flexibility index (Phi) is 3.84. The van der Waals surface area contributed by atoms with E-state index in [1.165, 1.54) is 5.56 Å². The molecule has 0 fully saturated rings. The van der Waals surface area contributed by atoms with Gasteiger partial charge in [0.25, 0.3) is 0 Å². The number of ether oxygens (including phenoxy) is 1. The molecule has 1 N–H and O–H groups in total. The molecule has 1 atom stereocenters. The summed E-state index contributed by atoms with van der Waals surface area (Å²) in [6, 6.07) is 14.2. The first-order valence-electron chi connectivity index (χ1n) is 6.94. The van der Waals surface area contributed by atoms with Gasteiger partial charge in [0.15, 0.2) is 0 Å². The van der Waals surface area contributed by atoms with Crippen LogP contribution in [0.3, 0.4) is 0 Å². The molecular weight excluding hydrogens is 284 g/mol. The molecule has 0 amide bonds. The number of methoxy groups -OCH3 is 1. The molecule has 0 unspecified atom stereocenters. The summed E-state index contributed by atoms with van der Waals surface area (Å²) in [6.45, 7) is 2.12. The molecule has 2 aromatic rings. The highest BCUT2D eigenvalue weighted by Gasteiger charge is 2.18. The lowest BCUT2D eigenvalue weighted by molar-refractivity contribution is 0.414. The molecule has 0 spiro atoms. The summed E-state index contributed by atoms with van der Waals surface area (Å²) >= 11 is 5.97. The fourth-order valence-electron chi connectivity index (χ4n) is 2.54. The number of halogens is 1. The lowest BCUT2D eigenvalue weighted by Crippen LogP contribution is -2.21. The number of hydrogen-bond donors (Lipinski definition) is 1. The van der Waals surface area contributed by atoms with Crippen molar-refractivity contribution in [2.24, 2.45) is 5.10 Å². The Morgan fingerprint density at radius 3 is 2.67 bits per heavy atom. The number of rotatable bonds is 2. The molecule has 1 aliphatic heterocycles. The highest BCUT2D eigenvalue weighted by Crippen LogP contribution is 2.24. The predicted molar refractivity (Wildman–Crippen MR) is 86.4 cm³/mol. The average molecular weight is 301 g/mol. The SMILES string of the molecule is COc1ccc2c(c1)C[C@H](C)NN=C2c1ccc(Cl)cc1. The van der Waals surface area contributed by atoms with Gasteiger partial charge in [-0.1, -0.05) is 23.7 Å².